The average Bonchev–Trinajstić information content (AvgIpc) is 2.71. The number of rotatable bonds is 8. The fraction of sp³-hybridized carbons (Fsp3) is 0.300. The molecule has 4 N–H and O–H groups in total. The number of benzene rings is 2. The van der Waals surface area contributed by atoms with Crippen molar-refractivity contribution in [2.45, 2.75) is 25.2 Å². The Labute approximate surface area is 162 Å². The third-order valence-corrected chi connectivity index (χ3v) is 4.06. The average molecular weight is 389 g/mol. The molecule has 0 aromatic heterocycles. The number of phenols is 1. The van der Waals surface area contributed by atoms with Gasteiger partial charge in [0.2, 0.25) is 0 Å². The third-order valence-electron chi connectivity index (χ3n) is 4.06. The number of carbonyl (C=O) groups excluding carboxylic acids is 2. The standard InChI is InChI=1S/C20H23NO7/c1-27-19(25)14-7-8-15(17(23)11-14)18(24)16(22)9-10-21-20(26)28-12-13-5-3-2-4-6-13/h2-8,11,16,18,22-24H,9-10,12H2,1H3,(H,21,26). The fourth-order valence-electron chi connectivity index (χ4n) is 2.50. The summed E-state index contributed by atoms with van der Waals surface area (Å²) in [5.74, 6) is -0.972. The van der Waals surface area contributed by atoms with E-state index >= 15 is 0 Å². The summed E-state index contributed by atoms with van der Waals surface area (Å²) in [5, 5.41) is 32.8. The molecule has 1 amide bonds. The lowest BCUT2D eigenvalue weighted by Gasteiger charge is -2.19. The van der Waals surface area contributed by atoms with Crippen LogP contribution in [0.5, 0.6) is 5.75 Å². The molecule has 0 spiro atoms. The van der Waals surface area contributed by atoms with Crippen molar-refractivity contribution in [2.75, 3.05) is 13.7 Å². The van der Waals surface area contributed by atoms with Crippen LogP contribution in [0.2, 0.25) is 0 Å². The minimum Gasteiger partial charge on any atom is -0.508 e. The van der Waals surface area contributed by atoms with Crippen LogP contribution in [0.4, 0.5) is 4.79 Å². The van der Waals surface area contributed by atoms with Crippen LogP contribution in [0.25, 0.3) is 0 Å². The number of hydrogen-bond donors (Lipinski definition) is 4. The molecule has 0 radical (unpaired) electrons. The molecule has 2 aromatic rings. The van der Waals surface area contributed by atoms with Crippen LogP contribution < -0.4 is 5.32 Å². The van der Waals surface area contributed by atoms with Crippen molar-refractivity contribution < 1.29 is 34.4 Å². The molecule has 0 fully saturated rings. The second-order valence-electron chi connectivity index (χ2n) is 6.05. The van der Waals surface area contributed by atoms with Gasteiger partial charge in [0.15, 0.2) is 0 Å². The Morgan fingerprint density at radius 2 is 1.82 bits per heavy atom. The Hall–Kier alpha value is -3.10. The number of nitrogens with one attached hydrogen (secondary N) is 1. The molecule has 0 bridgehead atoms. The zero-order valence-electron chi connectivity index (χ0n) is 15.4. The van der Waals surface area contributed by atoms with Crippen molar-refractivity contribution in [2.24, 2.45) is 0 Å². The number of alkyl carbamates (subject to hydrolysis) is 1. The van der Waals surface area contributed by atoms with Gasteiger partial charge in [0.05, 0.1) is 18.8 Å². The number of amides is 1. The lowest BCUT2D eigenvalue weighted by Crippen LogP contribution is -2.29. The molecule has 8 nitrogen and oxygen atoms in total. The number of methoxy groups -OCH3 is 1. The van der Waals surface area contributed by atoms with Crippen LogP contribution in [0, 0.1) is 0 Å². The highest BCUT2D eigenvalue weighted by Gasteiger charge is 2.22. The van der Waals surface area contributed by atoms with Crippen LogP contribution in [-0.2, 0) is 16.1 Å². The smallest absolute Gasteiger partial charge is 0.407 e. The lowest BCUT2D eigenvalue weighted by molar-refractivity contribution is 0.0123. The number of aliphatic hydroxyl groups is 2. The highest BCUT2D eigenvalue weighted by molar-refractivity contribution is 5.89. The van der Waals surface area contributed by atoms with E-state index < -0.39 is 24.3 Å². The number of aromatic hydroxyl groups is 1. The molecule has 150 valence electrons. The first-order valence-electron chi connectivity index (χ1n) is 8.64. The van der Waals surface area contributed by atoms with Gasteiger partial charge >= 0.3 is 12.1 Å². The second kappa shape index (κ2) is 10.3. The first-order valence-corrected chi connectivity index (χ1v) is 8.64. The van der Waals surface area contributed by atoms with Crippen molar-refractivity contribution in [3.8, 4) is 5.75 Å². The van der Waals surface area contributed by atoms with Crippen LogP contribution >= 0.6 is 0 Å². The molecule has 2 rings (SSSR count). The second-order valence-corrected chi connectivity index (χ2v) is 6.05. The van der Waals surface area contributed by atoms with Gasteiger partial charge in [-0.15, -0.1) is 0 Å². The molecule has 0 saturated carbocycles. The summed E-state index contributed by atoms with van der Waals surface area (Å²) in [6.07, 6.45) is -3.26. The Morgan fingerprint density at radius 3 is 2.46 bits per heavy atom. The zero-order chi connectivity index (χ0) is 20.5. The quantitative estimate of drug-likeness (QED) is 0.508. The lowest BCUT2D eigenvalue weighted by atomic mass is 9.99. The van der Waals surface area contributed by atoms with Crippen LogP contribution in [0.15, 0.2) is 48.5 Å². The van der Waals surface area contributed by atoms with Gasteiger partial charge < -0.3 is 30.1 Å². The topological polar surface area (TPSA) is 125 Å². The maximum absolute atomic E-state index is 11.7. The van der Waals surface area contributed by atoms with E-state index in [1.807, 2.05) is 30.3 Å². The molecule has 0 aliphatic rings. The Morgan fingerprint density at radius 1 is 1.11 bits per heavy atom. The predicted molar refractivity (Wildman–Crippen MR) is 99.7 cm³/mol. The Kier molecular flexibility index (Phi) is 7.79. The molecule has 2 unspecified atom stereocenters. The zero-order valence-corrected chi connectivity index (χ0v) is 15.4. The Balaban J connectivity index is 1.79. The summed E-state index contributed by atoms with van der Waals surface area (Å²) in [5.41, 5.74) is 1.03. The maximum Gasteiger partial charge on any atom is 0.407 e. The van der Waals surface area contributed by atoms with Crippen LogP contribution in [0.3, 0.4) is 0 Å². The number of carbonyl (C=O) groups is 2. The summed E-state index contributed by atoms with van der Waals surface area (Å²) < 4.78 is 9.59. The van der Waals surface area contributed by atoms with Crippen molar-refractivity contribution in [1.29, 1.82) is 0 Å². The van der Waals surface area contributed by atoms with Crippen molar-refractivity contribution in [3.05, 3.63) is 65.2 Å². The summed E-state index contributed by atoms with van der Waals surface area (Å²) in [6, 6.07) is 13.0. The van der Waals surface area contributed by atoms with Crippen molar-refractivity contribution in [1.82, 2.24) is 5.32 Å². The van der Waals surface area contributed by atoms with Gasteiger partial charge in [-0.3, -0.25) is 0 Å². The summed E-state index contributed by atoms with van der Waals surface area (Å²) >= 11 is 0. The van der Waals surface area contributed by atoms with Gasteiger partial charge in [0.1, 0.15) is 18.5 Å². The number of phenolic OH excluding ortho intramolecular Hbond substituents is 1. The van der Waals surface area contributed by atoms with Gasteiger partial charge in [-0.05, 0) is 24.1 Å². The number of esters is 1. The van der Waals surface area contributed by atoms with E-state index in [-0.39, 0.29) is 36.4 Å². The first-order chi connectivity index (χ1) is 13.4. The molecule has 2 atom stereocenters. The van der Waals surface area contributed by atoms with E-state index in [0.717, 1.165) is 11.6 Å². The van der Waals surface area contributed by atoms with E-state index in [2.05, 4.69) is 10.1 Å². The fourth-order valence-corrected chi connectivity index (χ4v) is 2.50. The molecular weight excluding hydrogens is 366 g/mol. The monoisotopic (exact) mass is 389 g/mol. The van der Waals surface area contributed by atoms with Crippen molar-refractivity contribution >= 4 is 12.1 Å². The van der Waals surface area contributed by atoms with E-state index in [9.17, 15) is 24.9 Å². The molecule has 28 heavy (non-hydrogen) atoms. The third kappa shape index (κ3) is 5.97. The van der Waals surface area contributed by atoms with Gasteiger partial charge in [-0.1, -0.05) is 36.4 Å². The molecule has 0 aliphatic heterocycles. The van der Waals surface area contributed by atoms with Gasteiger partial charge in [-0.2, -0.15) is 0 Å². The molecule has 0 saturated heterocycles. The molecule has 0 heterocycles. The largest absolute Gasteiger partial charge is 0.508 e. The van der Waals surface area contributed by atoms with E-state index in [1.54, 1.807) is 0 Å². The van der Waals surface area contributed by atoms with Gasteiger partial charge in [-0.25, -0.2) is 9.59 Å². The van der Waals surface area contributed by atoms with E-state index in [0.29, 0.717) is 0 Å². The molecule has 8 heteroatoms. The van der Waals surface area contributed by atoms with E-state index in [1.165, 1.54) is 19.2 Å². The molecule has 0 aliphatic carbocycles. The Bertz CT molecular complexity index is 794. The molecular formula is C20H23NO7. The molecule has 2 aromatic carbocycles. The summed E-state index contributed by atoms with van der Waals surface area (Å²) in [7, 11) is 1.21. The van der Waals surface area contributed by atoms with Crippen LogP contribution in [0.1, 0.15) is 34.0 Å². The SMILES string of the molecule is COC(=O)c1ccc(C(O)C(O)CCNC(=O)OCc2ccccc2)c(O)c1. The highest BCUT2D eigenvalue weighted by atomic mass is 16.5. The van der Waals surface area contributed by atoms with Crippen molar-refractivity contribution in [3.63, 3.8) is 0 Å². The number of aliphatic hydroxyl groups excluding tert-OH is 2. The summed E-state index contributed by atoms with van der Waals surface area (Å²) in [6.45, 7) is 0.186. The van der Waals surface area contributed by atoms with Gasteiger partial charge in [0, 0.05) is 12.1 Å². The highest BCUT2D eigenvalue weighted by Crippen LogP contribution is 2.28. The normalized spacial score (nSPS) is 12.7. The minimum absolute atomic E-state index is 0.0276. The number of ether oxygens (including phenoxy) is 2. The number of hydrogen-bond acceptors (Lipinski definition) is 7. The van der Waals surface area contributed by atoms with Gasteiger partial charge in [0.25, 0.3) is 0 Å². The maximum atomic E-state index is 11.7. The summed E-state index contributed by atoms with van der Waals surface area (Å²) in [4.78, 5) is 23.1. The van der Waals surface area contributed by atoms with E-state index in [4.69, 9.17) is 4.74 Å². The minimum atomic E-state index is -1.39. The first kappa shape index (κ1) is 21.2. The predicted octanol–water partition coefficient (Wildman–Crippen LogP) is 1.89. The van der Waals surface area contributed by atoms with Crippen LogP contribution in [-0.4, -0.2) is 47.1 Å².